The highest BCUT2D eigenvalue weighted by atomic mass is 79.9. The van der Waals surface area contributed by atoms with Crippen molar-refractivity contribution in [3.63, 3.8) is 0 Å². The first kappa shape index (κ1) is 25.8. The van der Waals surface area contributed by atoms with Gasteiger partial charge in [-0.3, -0.25) is 0 Å². The van der Waals surface area contributed by atoms with Gasteiger partial charge in [0.05, 0.1) is 32.8 Å². The first-order valence-electron chi connectivity index (χ1n) is 12.2. The van der Waals surface area contributed by atoms with E-state index in [9.17, 15) is 13.9 Å². The summed E-state index contributed by atoms with van der Waals surface area (Å²) in [6.07, 6.45) is 3.61. The van der Waals surface area contributed by atoms with E-state index in [0.29, 0.717) is 17.7 Å². The van der Waals surface area contributed by atoms with Gasteiger partial charge in [0.25, 0.3) is 0 Å². The minimum atomic E-state index is -1.29. The molecule has 6 heteroatoms. The van der Waals surface area contributed by atoms with E-state index >= 15 is 0 Å². The van der Waals surface area contributed by atoms with E-state index in [1.807, 2.05) is 30.3 Å². The second-order valence-corrected chi connectivity index (χ2v) is 10.0. The van der Waals surface area contributed by atoms with Crippen LogP contribution in [0.15, 0.2) is 78.9 Å². The number of hydrogen-bond donors (Lipinski definition) is 1. The zero-order valence-electron chi connectivity index (χ0n) is 19.8. The van der Waals surface area contributed by atoms with Crippen LogP contribution in [0.5, 0.6) is 5.75 Å². The van der Waals surface area contributed by atoms with Crippen LogP contribution in [0.3, 0.4) is 0 Å². The zero-order chi connectivity index (χ0) is 23.7. The van der Waals surface area contributed by atoms with Crippen molar-refractivity contribution >= 4 is 0 Å². The Hall–Kier alpha value is -2.28. The molecule has 6 rings (SSSR count). The van der Waals surface area contributed by atoms with E-state index in [2.05, 4.69) is 0 Å². The van der Waals surface area contributed by atoms with Gasteiger partial charge in [0.2, 0.25) is 0 Å². The van der Waals surface area contributed by atoms with Crippen molar-refractivity contribution in [2.75, 3.05) is 32.8 Å². The van der Waals surface area contributed by atoms with Crippen molar-refractivity contribution < 1.29 is 40.1 Å². The van der Waals surface area contributed by atoms with Gasteiger partial charge >= 0.3 is 0 Å². The smallest absolute Gasteiger partial charge is 0.123 e. The number of piperidine rings is 3. The third-order valence-corrected chi connectivity index (χ3v) is 8.27. The molecule has 3 saturated heterocycles. The molecule has 3 fully saturated rings. The molecular weight excluding hydrogens is 512 g/mol. The fourth-order valence-corrected chi connectivity index (χ4v) is 6.21. The molecule has 0 saturated carbocycles. The molecule has 3 aromatic carbocycles. The summed E-state index contributed by atoms with van der Waals surface area (Å²) in [6.45, 7) is 4.75. The zero-order valence-corrected chi connectivity index (χ0v) is 21.4. The normalized spacial score (nSPS) is 23.5. The number of benzene rings is 3. The maximum Gasteiger partial charge on any atom is 0.123 e. The predicted octanol–water partition coefficient (Wildman–Crippen LogP) is 2.67. The van der Waals surface area contributed by atoms with Crippen LogP contribution in [0, 0.1) is 17.0 Å². The largest absolute Gasteiger partial charge is 1.00 e. The van der Waals surface area contributed by atoms with Crippen LogP contribution < -0.4 is 21.7 Å². The number of rotatable bonds is 8. The van der Waals surface area contributed by atoms with Gasteiger partial charge in [-0.2, -0.15) is 0 Å². The van der Waals surface area contributed by atoms with E-state index in [1.165, 1.54) is 24.3 Å². The first-order valence-corrected chi connectivity index (χ1v) is 12.2. The lowest BCUT2D eigenvalue weighted by atomic mass is 9.56. The number of quaternary nitrogens is 1. The molecule has 3 heterocycles. The van der Waals surface area contributed by atoms with Crippen LogP contribution >= 0.6 is 0 Å². The van der Waals surface area contributed by atoms with Crippen molar-refractivity contribution in [3.8, 4) is 5.75 Å². The Morgan fingerprint density at radius 2 is 1.26 bits per heavy atom. The van der Waals surface area contributed by atoms with Crippen molar-refractivity contribution in [3.05, 3.63) is 102 Å². The Labute approximate surface area is 216 Å². The van der Waals surface area contributed by atoms with Gasteiger partial charge in [0, 0.05) is 31.1 Å². The summed E-state index contributed by atoms with van der Waals surface area (Å²) in [6, 6.07) is 22.2. The molecule has 0 unspecified atom stereocenters. The molecule has 3 nitrogen and oxygen atoms in total. The highest BCUT2D eigenvalue weighted by Crippen LogP contribution is 2.57. The van der Waals surface area contributed by atoms with Gasteiger partial charge in [-0.25, -0.2) is 8.78 Å². The molecule has 35 heavy (non-hydrogen) atoms. The number of hydrogen-bond acceptors (Lipinski definition) is 2. The summed E-state index contributed by atoms with van der Waals surface area (Å²) in [5.41, 5.74) is -0.290. The van der Waals surface area contributed by atoms with Gasteiger partial charge in [0.1, 0.15) is 23.0 Å². The summed E-state index contributed by atoms with van der Waals surface area (Å²) in [4.78, 5) is 0. The van der Waals surface area contributed by atoms with Gasteiger partial charge in [0.15, 0.2) is 0 Å². The molecule has 1 N–H and O–H groups in total. The topological polar surface area (TPSA) is 29.5 Å². The van der Waals surface area contributed by atoms with Gasteiger partial charge in [-0.1, -0.05) is 42.5 Å². The lowest BCUT2D eigenvalue weighted by Crippen LogP contribution is -3.00. The lowest BCUT2D eigenvalue weighted by Gasteiger charge is -2.60. The van der Waals surface area contributed by atoms with E-state index in [-0.39, 0.29) is 34.0 Å². The quantitative estimate of drug-likeness (QED) is 0.349. The molecule has 3 aliphatic rings. The SMILES string of the molecule is OC(c1ccc(F)cc1)(c1ccc(F)cc1)C12CC[N+](CCCOc3ccccc3)(CC1)CC2.[Br-]. The highest BCUT2D eigenvalue weighted by Gasteiger charge is 2.60. The number of halogens is 3. The molecule has 3 aromatic rings. The summed E-state index contributed by atoms with van der Waals surface area (Å²) < 4.78 is 34.4. The Morgan fingerprint density at radius 1 is 0.771 bits per heavy atom. The van der Waals surface area contributed by atoms with Crippen LogP contribution in [0.2, 0.25) is 0 Å². The molecule has 0 amide bonds. The van der Waals surface area contributed by atoms with Crippen LogP contribution in [0.4, 0.5) is 8.78 Å². The third-order valence-electron chi connectivity index (χ3n) is 8.27. The monoisotopic (exact) mass is 543 g/mol. The molecule has 3 aliphatic heterocycles. The number of nitrogens with zero attached hydrogens (tertiary/aromatic N) is 1. The van der Waals surface area contributed by atoms with E-state index in [0.717, 1.165) is 62.1 Å². The maximum absolute atomic E-state index is 13.7. The fraction of sp³-hybridized carbons (Fsp3) is 0.379. The molecular formula is C29H32BrF2NO2. The molecule has 0 aliphatic carbocycles. The van der Waals surface area contributed by atoms with Crippen LogP contribution in [-0.2, 0) is 5.60 Å². The van der Waals surface area contributed by atoms with Crippen molar-refractivity contribution in [2.24, 2.45) is 5.41 Å². The molecule has 0 atom stereocenters. The average Bonchev–Trinajstić information content (AvgIpc) is 2.89. The Balaban J connectivity index is 0.00000289. The second-order valence-electron chi connectivity index (χ2n) is 10.0. The van der Waals surface area contributed by atoms with Crippen LogP contribution in [0.25, 0.3) is 0 Å². The molecule has 0 spiro atoms. The lowest BCUT2D eigenvalue weighted by molar-refractivity contribution is -0.946. The van der Waals surface area contributed by atoms with E-state index < -0.39 is 5.60 Å². The fourth-order valence-electron chi connectivity index (χ4n) is 6.21. The maximum atomic E-state index is 13.7. The van der Waals surface area contributed by atoms with E-state index in [1.54, 1.807) is 24.3 Å². The van der Waals surface area contributed by atoms with Crippen LogP contribution in [-0.4, -0.2) is 42.4 Å². The minimum absolute atomic E-state index is 0. The summed E-state index contributed by atoms with van der Waals surface area (Å²) >= 11 is 0. The molecule has 0 radical (unpaired) electrons. The number of fused-ring (bicyclic) bond motifs is 3. The van der Waals surface area contributed by atoms with E-state index in [4.69, 9.17) is 4.74 Å². The summed E-state index contributed by atoms with van der Waals surface area (Å²) in [5.74, 6) is 0.245. The Morgan fingerprint density at radius 3 is 1.74 bits per heavy atom. The summed E-state index contributed by atoms with van der Waals surface area (Å²) in [5, 5.41) is 12.4. The Kier molecular flexibility index (Phi) is 7.65. The summed E-state index contributed by atoms with van der Waals surface area (Å²) in [7, 11) is 0. The van der Waals surface area contributed by atoms with Crippen molar-refractivity contribution in [2.45, 2.75) is 31.3 Å². The van der Waals surface area contributed by atoms with Crippen molar-refractivity contribution in [1.29, 1.82) is 0 Å². The van der Waals surface area contributed by atoms with Crippen LogP contribution in [0.1, 0.15) is 36.8 Å². The number of para-hydroxylation sites is 1. The highest BCUT2D eigenvalue weighted by molar-refractivity contribution is 5.40. The minimum Gasteiger partial charge on any atom is -1.00 e. The van der Waals surface area contributed by atoms with Gasteiger partial charge in [-0.15, -0.1) is 0 Å². The second kappa shape index (κ2) is 10.4. The van der Waals surface area contributed by atoms with Crippen molar-refractivity contribution in [1.82, 2.24) is 0 Å². The third kappa shape index (κ3) is 4.89. The predicted molar refractivity (Wildman–Crippen MR) is 128 cm³/mol. The average molecular weight is 544 g/mol. The molecule has 2 bridgehead atoms. The van der Waals surface area contributed by atoms with Gasteiger partial charge < -0.3 is 31.3 Å². The Bertz CT molecular complexity index is 1040. The van der Waals surface area contributed by atoms with Gasteiger partial charge in [-0.05, 0) is 47.5 Å². The molecule has 0 aromatic heterocycles. The standard InChI is InChI=1S/C29H32F2NO2.BrH/c30-25-11-7-23(8-12-25)29(33,24-9-13-26(31)14-10-24)28-15-19-32(20-16-28,21-17-28)18-4-22-34-27-5-2-1-3-6-27;/h1-3,5-14,33H,4,15-22H2;1H/q+1;/p-1. The first-order chi connectivity index (χ1) is 16.4. The number of aliphatic hydroxyl groups is 1. The molecule has 186 valence electrons. The number of ether oxygens (including phenoxy) is 1.